The molecule has 0 aromatic heterocycles. The maximum atomic E-state index is 12.8. The molecular formula is C11H17F3O. The average molecular weight is 222 g/mol. The minimum absolute atomic E-state index is 0.162. The molecule has 0 fully saturated rings. The highest BCUT2D eigenvalue weighted by Gasteiger charge is 2.55. The predicted molar refractivity (Wildman–Crippen MR) is 52.5 cm³/mol. The van der Waals surface area contributed by atoms with Gasteiger partial charge in [-0.3, -0.25) is 0 Å². The van der Waals surface area contributed by atoms with Gasteiger partial charge < -0.3 is 5.11 Å². The van der Waals surface area contributed by atoms with Gasteiger partial charge in [-0.05, 0) is 37.7 Å². The number of hydrogen-bond donors (Lipinski definition) is 1. The number of halogens is 3. The van der Waals surface area contributed by atoms with Crippen molar-refractivity contribution < 1.29 is 18.3 Å². The molecule has 0 saturated carbocycles. The molecular weight excluding hydrogens is 205 g/mol. The predicted octanol–water partition coefficient (Wildman–Crippen LogP) is 3.58. The van der Waals surface area contributed by atoms with Gasteiger partial charge in [0.2, 0.25) is 0 Å². The van der Waals surface area contributed by atoms with E-state index in [-0.39, 0.29) is 12.0 Å². The second-order valence-electron chi connectivity index (χ2n) is 4.08. The van der Waals surface area contributed by atoms with Gasteiger partial charge in [-0.25, -0.2) is 0 Å². The first kappa shape index (κ1) is 12.6. The summed E-state index contributed by atoms with van der Waals surface area (Å²) in [4.78, 5) is 0. The Hall–Kier alpha value is -0.510. The van der Waals surface area contributed by atoms with E-state index in [0.29, 0.717) is 25.7 Å². The zero-order chi connectivity index (χ0) is 11.5. The maximum absolute atomic E-state index is 12.8. The average Bonchev–Trinajstić information content (AvgIpc) is 2.30. The molecule has 0 heterocycles. The van der Waals surface area contributed by atoms with E-state index < -0.39 is 11.8 Å². The maximum Gasteiger partial charge on any atom is 0.421 e. The lowest BCUT2D eigenvalue weighted by Gasteiger charge is -2.32. The van der Waals surface area contributed by atoms with Crippen LogP contribution in [-0.4, -0.2) is 16.9 Å². The largest absolute Gasteiger partial charge is 0.421 e. The van der Waals surface area contributed by atoms with E-state index in [0.717, 1.165) is 6.42 Å². The number of hydrogen-bond acceptors (Lipinski definition) is 1. The van der Waals surface area contributed by atoms with Crippen molar-refractivity contribution >= 4 is 0 Å². The van der Waals surface area contributed by atoms with E-state index in [1.165, 1.54) is 0 Å². The van der Waals surface area contributed by atoms with Gasteiger partial charge in [0.1, 0.15) is 0 Å². The normalized spacial score (nSPS) is 28.5. The van der Waals surface area contributed by atoms with Crippen LogP contribution in [0.25, 0.3) is 0 Å². The van der Waals surface area contributed by atoms with Crippen molar-refractivity contribution in [2.45, 2.75) is 57.2 Å². The van der Waals surface area contributed by atoms with Crippen LogP contribution in [0, 0.1) is 0 Å². The smallest absolute Gasteiger partial charge is 0.377 e. The van der Waals surface area contributed by atoms with E-state index in [9.17, 15) is 18.3 Å². The minimum atomic E-state index is -4.54. The van der Waals surface area contributed by atoms with Gasteiger partial charge in [0, 0.05) is 0 Å². The Labute approximate surface area is 88.0 Å². The summed E-state index contributed by atoms with van der Waals surface area (Å²) in [5.74, 6) is 0. The summed E-state index contributed by atoms with van der Waals surface area (Å²) >= 11 is 0. The van der Waals surface area contributed by atoms with Crippen LogP contribution < -0.4 is 0 Å². The Morgan fingerprint density at radius 1 is 1.40 bits per heavy atom. The fourth-order valence-corrected chi connectivity index (χ4v) is 2.03. The van der Waals surface area contributed by atoms with Crippen LogP contribution in [0.5, 0.6) is 0 Å². The van der Waals surface area contributed by atoms with Gasteiger partial charge in [0.25, 0.3) is 0 Å². The van der Waals surface area contributed by atoms with Crippen LogP contribution in [0.2, 0.25) is 0 Å². The zero-order valence-electron chi connectivity index (χ0n) is 8.90. The number of rotatable bonds is 2. The van der Waals surface area contributed by atoms with Gasteiger partial charge in [-0.15, -0.1) is 0 Å². The van der Waals surface area contributed by atoms with Gasteiger partial charge in [-0.1, -0.05) is 19.4 Å². The third kappa shape index (κ3) is 2.54. The lowest BCUT2D eigenvalue weighted by molar-refractivity contribution is -0.247. The van der Waals surface area contributed by atoms with E-state index in [4.69, 9.17) is 0 Å². The summed E-state index contributed by atoms with van der Waals surface area (Å²) < 4.78 is 38.4. The van der Waals surface area contributed by atoms with Crippen molar-refractivity contribution in [1.29, 1.82) is 0 Å². The summed E-state index contributed by atoms with van der Waals surface area (Å²) in [6, 6.07) is 0. The van der Waals surface area contributed by atoms with Crippen LogP contribution in [0.4, 0.5) is 13.2 Å². The molecule has 15 heavy (non-hydrogen) atoms. The van der Waals surface area contributed by atoms with E-state index in [1.807, 2.05) is 6.92 Å². The van der Waals surface area contributed by atoms with Gasteiger partial charge in [-0.2, -0.15) is 13.2 Å². The molecule has 1 aliphatic rings. The minimum Gasteiger partial charge on any atom is -0.377 e. The topological polar surface area (TPSA) is 20.2 Å². The molecule has 1 rings (SSSR count). The molecule has 0 amide bonds. The summed E-state index contributed by atoms with van der Waals surface area (Å²) in [7, 11) is 0. The Morgan fingerprint density at radius 2 is 2.07 bits per heavy atom. The highest BCUT2D eigenvalue weighted by Crippen LogP contribution is 2.43. The molecule has 0 aliphatic heterocycles. The fourth-order valence-electron chi connectivity index (χ4n) is 2.03. The van der Waals surface area contributed by atoms with Crippen LogP contribution in [0.15, 0.2) is 11.6 Å². The number of aliphatic hydroxyl groups is 1. The molecule has 0 aromatic rings. The highest BCUT2D eigenvalue weighted by atomic mass is 19.4. The quantitative estimate of drug-likeness (QED) is 0.708. The first-order chi connectivity index (χ1) is 6.92. The van der Waals surface area contributed by atoms with Crippen LogP contribution in [0.1, 0.15) is 45.4 Å². The Balaban J connectivity index is 2.99. The van der Waals surface area contributed by atoms with Crippen molar-refractivity contribution in [3.63, 3.8) is 0 Å². The van der Waals surface area contributed by atoms with Crippen molar-refractivity contribution in [2.75, 3.05) is 0 Å². The molecule has 4 heteroatoms. The van der Waals surface area contributed by atoms with Crippen LogP contribution in [-0.2, 0) is 0 Å². The Kier molecular flexibility index (Phi) is 3.82. The molecule has 0 saturated heterocycles. The molecule has 1 N–H and O–H groups in total. The van der Waals surface area contributed by atoms with E-state index in [1.54, 1.807) is 6.08 Å². The molecule has 1 atom stereocenters. The van der Waals surface area contributed by atoms with Gasteiger partial charge in [0.15, 0.2) is 5.60 Å². The fraction of sp³-hybridized carbons (Fsp3) is 0.818. The molecule has 0 aromatic carbocycles. The number of alkyl halides is 3. The Morgan fingerprint density at radius 3 is 2.60 bits per heavy atom. The molecule has 1 aliphatic carbocycles. The third-order valence-corrected chi connectivity index (χ3v) is 2.90. The van der Waals surface area contributed by atoms with Gasteiger partial charge >= 0.3 is 6.18 Å². The molecule has 0 radical (unpaired) electrons. The van der Waals surface area contributed by atoms with Crippen LogP contribution in [0.3, 0.4) is 0 Å². The lowest BCUT2D eigenvalue weighted by Crippen LogP contribution is -2.46. The van der Waals surface area contributed by atoms with Crippen molar-refractivity contribution in [3.05, 3.63) is 11.6 Å². The third-order valence-electron chi connectivity index (χ3n) is 2.90. The zero-order valence-corrected chi connectivity index (χ0v) is 8.90. The van der Waals surface area contributed by atoms with E-state index >= 15 is 0 Å². The molecule has 1 unspecified atom stereocenters. The second-order valence-corrected chi connectivity index (χ2v) is 4.08. The summed E-state index contributed by atoms with van der Waals surface area (Å²) in [5.41, 5.74) is -2.41. The first-order valence-electron chi connectivity index (χ1n) is 5.40. The standard InChI is InChI=1S/C11H17F3O/c1-2-6-9-7-4-3-5-8-10(9,15)11(12,13)14/h7,15H,2-6,8H2,1H3. The molecule has 0 spiro atoms. The van der Waals surface area contributed by atoms with E-state index in [2.05, 4.69) is 0 Å². The summed E-state index contributed by atoms with van der Waals surface area (Å²) in [6.07, 6.45) is -0.399. The van der Waals surface area contributed by atoms with Gasteiger partial charge in [0.05, 0.1) is 0 Å². The summed E-state index contributed by atoms with van der Waals surface area (Å²) in [5, 5.41) is 9.79. The van der Waals surface area contributed by atoms with Crippen molar-refractivity contribution in [1.82, 2.24) is 0 Å². The van der Waals surface area contributed by atoms with Crippen molar-refractivity contribution in [2.24, 2.45) is 0 Å². The molecule has 88 valence electrons. The Bertz CT molecular complexity index is 245. The second kappa shape index (κ2) is 4.56. The monoisotopic (exact) mass is 222 g/mol. The van der Waals surface area contributed by atoms with Crippen molar-refractivity contribution in [3.8, 4) is 0 Å². The number of allylic oxidation sites excluding steroid dienone is 1. The highest BCUT2D eigenvalue weighted by molar-refractivity contribution is 5.21. The summed E-state index contributed by atoms with van der Waals surface area (Å²) in [6.45, 7) is 1.82. The SMILES string of the molecule is CCCC1=CCCCCC1(O)C(F)(F)F. The van der Waals surface area contributed by atoms with Crippen LogP contribution >= 0.6 is 0 Å². The first-order valence-corrected chi connectivity index (χ1v) is 5.40. The molecule has 0 bridgehead atoms. The molecule has 1 nitrogen and oxygen atoms in total. The lowest BCUT2D eigenvalue weighted by atomic mass is 9.86.